The average Bonchev–Trinajstić information content (AvgIpc) is 3.02. The maximum atomic E-state index is 11.9. The summed E-state index contributed by atoms with van der Waals surface area (Å²) in [5, 5.41) is 21.5. The minimum absolute atomic E-state index is 0.108. The van der Waals surface area contributed by atoms with Crippen molar-refractivity contribution in [2.24, 2.45) is 0 Å². The number of para-hydroxylation sites is 1. The van der Waals surface area contributed by atoms with Gasteiger partial charge in [0.15, 0.2) is 6.61 Å². The second-order valence-electron chi connectivity index (χ2n) is 5.78. The third kappa shape index (κ3) is 4.54. The van der Waals surface area contributed by atoms with E-state index in [-0.39, 0.29) is 25.2 Å². The molecule has 7 nitrogen and oxygen atoms in total. The van der Waals surface area contributed by atoms with Crippen molar-refractivity contribution in [3.8, 4) is 5.75 Å². The lowest BCUT2D eigenvalue weighted by Gasteiger charge is -2.12. The molecule has 7 heteroatoms. The first-order valence-corrected chi connectivity index (χ1v) is 8.03. The molecule has 0 unspecified atom stereocenters. The van der Waals surface area contributed by atoms with Crippen molar-refractivity contribution in [1.82, 2.24) is 4.98 Å². The summed E-state index contributed by atoms with van der Waals surface area (Å²) < 4.78 is 10.9. The van der Waals surface area contributed by atoms with Crippen LogP contribution >= 0.6 is 0 Å². The number of benzene rings is 1. The van der Waals surface area contributed by atoms with E-state index in [1.807, 2.05) is 18.2 Å². The fraction of sp³-hybridized carbons (Fsp3) is 0.333. The molecule has 1 aliphatic rings. The van der Waals surface area contributed by atoms with Crippen LogP contribution in [0.5, 0.6) is 5.75 Å². The van der Waals surface area contributed by atoms with Crippen LogP contribution in [0, 0.1) is 0 Å². The van der Waals surface area contributed by atoms with Crippen LogP contribution in [0.25, 0.3) is 0 Å². The highest BCUT2D eigenvalue weighted by Gasteiger charge is 2.34. The van der Waals surface area contributed by atoms with Gasteiger partial charge in [-0.15, -0.1) is 0 Å². The number of nitrogens with zero attached hydrogens (tertiary/aromatic N) is 1. The van der Waals surface area contributed by atoms with Crippen LogP contribution in [-0.2, 0) is 9.53 Å². The van der Waals surface area contributed by atoms with E-state index in [1.165, 1.54) is 0 Å². The van der Waals surface area contributed by atoms with Gasteiger partial charge >= 0.3 is 0 Å². The van der Waals surface area contributed by atoms with Gasteiger partial charge in [-0.1, -0.05) is 24.3 Å². The second-order valence-corrected chi connectivity index (χ2v) is 5.78. The number of amides is 1. The summed E-state index contributed by atoms with van der Waals surface area (Å²) in [6.45, 7) is -0.329. The molecule has 1 saturated heterocycles. The smallest absolute Gasteiger partial charge is 0.263 e. The van der Waals surface area contributed by atoms with Crippen molar-refractivity contribution in [3.05, 3.63) is 54.2 Å². The van der Waals surface area contributed by atoms with E-state index in [1.54, 1.807) is 30.5 Å². The zero-order chi connectivity index (χ0) is 17.6. The predicted molar refractivity (Wildman–Crippen MR) is 90.1 cm³/mol. The Morgan fingerprint density at radius 1 is 1.28 bits per heavy atom. The van der Waals surface area contributed by atoms with Crippen molar-refractivity contribution in [2.75, 3.05) is 18.5 Å². The van der Waals surface area contributed by atoms with Gasteiger partial charge in [0.2, 0.25) is 0 Å². The van der Waals surface area contributed by atoms with Gasteiger partial charge in [-0.05, 0) is 23.8 Å². The summed E-state index contributed by atoms with van der Waals surface area (Å²) >= 11 is 0. The highest BCUT2D eigenvalue weighted by molar-refractivity contribution is 5.90. The molecule has 3 atom stereocenters. The van der Waals surface area contributed by atoms with E-state index in [4.69, 9.17) is 14.6 Å². The van der Waals surface area contributed by atoms with E-state index in [0.29, 0.717) is 18.0 Å². The minimum atomic E-state index is -0.690. The fourth-order valence-corrected chi connectivity index (χ4v) is 2.62. The van der Waals surface area contributed by atoms with Crippen molar-refractivity contribution < 1.29 is 24.5 Å². The molecule has 0 spiro atoms. The molecule has 1 aromatic carbocycles. The quantitative estimate of drug-likeness (QED) is 0.730. The fourth-order valence-electron chi connectivity index (χ4n) is 2.62. The number of pyridine rings is 1. The Hall–Kier alpha value is -2.48. The van der Waals surface area contributed by atoms with Gasteiger partial charge in [-0.25, -0.2) is 4.98 Å². The van der Waals surface area contributed by atoms with Crippen molar-refractivity contribution in [2.45, 2.75) is 24.7 Å². The van der Waals surface area contributed by atoms with Crippen LogP contribution in [0.1, 0.15) is 18.1 Å². The first-order valence-electron chi connectivity index (χ1n) is 8.03. The van der Waals surface area contributed by atoms with Gasteiger partial charge in [0, 0.05) is 12.6 Å². The number of aliphatic hydroxyl groups excluding tert-OH is 2. The van der Waals surface area contributed by atoms with Crippen LogP contribution in [0.2, 0.25) is 0 Å². The largest absolute Gasteiger partial charge is 0.484 e. The number of ether oxygens (including phenoxy) is 2. The van der Waals surface area contributed by atoms with Gasteiger partial charge in [0.05, 0.1) is 18.8 Å². The lowest BCUT2D eigenvalue weighted by atomic mass is 10.1. The molecule has 1 aromatic heterocycles. The van der Waals surface area contributed by atoms with Crippen LogP contribution in [0.4, 0.5) is 5.82 Å². The molecule has 2 aromatic rings. The number of anilines is 1. The van der Waals surface area contributed by atoms with Gasteiger partial charge in [0.1, 0.15) is 17.7 Å². The first kappa shape index (κ1) is 17.3. The van der Waals surface area contributed by atoms with Crippen LogP contribution in [0.3, 0.4) is 0 Å². The number of aromatic nitrogens is 1. The zero-order valence-corrected chi connectivity index (χ0v) is 13.5. The van der Waals surface area contributed by atoms with Crippen molar-refractivity contribution in [1.29, 1.82) is 0 Å². The SMILES string of the molecule is O=C(COc1ccccc1)Nc1ccc([C@H]2C[C@H](O)[C@@H](CO)O2)cn1. The Bertz CT molecular complexity index is 692. The Kier molecular flexibility index (Phi) is 5.60. The lowest BCUT2D eigenvalue weighted by molar-refractivity contribution is -0.118. The number of hydrogen-bond donors (Lipinski definition) is 3. The summed E-state index contributed by atoms with van der Waals surface area (Å²) in [5.41, 5.74) is 0.786. The summed E-state index contributed by atoms with van der Waals surface area (Å²) in [6.07, 6.45) is 0.420. The van der Waals surface area contributed by atoms with Crippen LogP contribution in [-0.4, -0.2) is 46.5 Å². The van der Waals surface area contributed by atoms with Gasteiger partial charge in [-0.3, -0.25) is 4.79 Å². The molecule has 1 fully saturated rings. The molecule has 0 aliphatic carbocycles. The number of hydrogen-bond acceptors (Lipinski definition) is 6. The standard InChI is InChI=1S/C18H20N2O5/c21-10-16-14(22)8-15(25-16)12-6-7-17(19-9-12)20-18(23)11-24-13-4-2-1-3-5-13/h1-7,9,14-16,21-22H,8,10-11H2,(H,19,20,23)/t14-,15+,16+/m0/s1. The highest BCUT2D eigenvalue weighted by Crippen LogP contribution is 2.32. The maximum absolute atomic E-state index is 11.9. The van der Waals surface area contributed by atoms with Gasteiger partial charge in [-0.2, -0.15) is 0 Å². The van der Waals surface area contributed by atoms with E-state index >= 15 is 0 Å². The molecule has 2 heterocycles. The van der Waals surface area contributed by atoms with E-state index < -0.39 is 12.2 Å². The number of carbonyl (C=O) groups excluding carboxylic acids is 1. The third-order valence-corrected chi connectivity index (χ3v) is 3.94. The number of nitrogens with one attached hydrogen (secondary N) is 1. The van der Waals surface area contributed by atoms with E-state index in [2.05, 4.69) is 10.3 Å². The van der Waals surface area contributed by atoms with Crippen molar-refractivity contribution >= 4 is 11.7 Å². The maximum Gasteiger partial charge on any atom is 0.263 e. The van der Waals surface area contributed by atoms with Crippen molar-refractivity contribution in [3.63, 3.8) is 0 Å². The van der Waals surface area contributed by atoms with E-state index in [0.717, 1.165) is 5.56 Å². The predicted octanol–water partition coefficient (Wildman–Crippen LogP) is 1.28. The Morgan fingerprint density at radius 3 is 2.72 bits per heavy atom. The molecular weight excluding hydrogens is 324 g/mol. The Balaban J connectivity index is 1.51. The number of carbonyl (C=O) groups is 1. The molecule has 0 bridgehead atoms. The molecule has 0 saturated carbocycles. The summed E-state index contributed by atoms with van der Waals surface area (Å²) in [4.78, 5) is 16.1. The van der Waals surface area contributed by atoms with Gasteiger partial charge < -0.3 is 25.0 Å². The Labute approximate surface area is 145 Å². The highest BCUT2D eigenvalue weighted by atomic mass is 16.5. The second kappa shape index (κ2) is 8.06. The number of aliphatic hydroxyl groups is 2. The molecular formula is C18H20N2O5. The lowest BCUT2D eigenvalue weighted by Crippen LogP contribution is -2.24. The molecule has 25 heavy (non-hydrogen) atoms. The summed E-state index contributed by atoms with van der Waals surface area (Å²) in [6, 6.07) is 12.5. The summed E-state index contributed by atoms with van der Waals surface area (Å²) in [5.74, 6) is 0.719. The van der Waals surface area contributed by atoms with Gasteiger partial charge in [0.25, 0.3) is 5.91 Å². The molecule has 3 N–H and O–H groups in total. The third-order valence-electron chi connectivity index (χ3n) is 3.94. The monoisotopic (exact) mass is 344 g/mol. The first-order chi connectivity index (χ1) is 12.2. The normalized spacial score (nSPS) is 22.6. The molecule has 0 radical (unpaired) electrons. The minimum Gasteiger partial charge on any atom is -0.484 e. The topological polar surface area (TPSA) is 101 Å². The van der Waals surface area contributed by atoms with Crippen LogP contribution in [0.15, 0.2) is 48.7 Å². The molecule has 3 rings (SSSR count). The van der Waals surface area contributed by atoms with Crippen LogP contribution < -0.4 is 10.1 Å². The molecule has 132 valence electrons. The summed E-state index contributed by atoms with van der Waals surface area (Å²) in [7, 11) is 0. The average molecular weight is 344 g/mol. The Morgan fingerprint density at radius 2 is 2.08 bits per heavy atom. The number of rotatable bonds is 6. The van der Waals surface area contributed by atoms with E-state index in [9.17, 15) is 9.90 Å². The molecule has 1 aliphatic heterocycles. The zero-order valence-electron chi connectivity index (χ0n) is 13.5. The molecule has 1 amide bonds.